The molecule has 0 bridgehead atoms. The highest BCUT2D eigenvalue weighted by atomic mass is 16.5. The molecule has 2 N–H and O–H groups in total. The first-order valence-corrected chi connectivity index (χ1v) is 6.43. The van der Waals surface area contributed by atoms with Crippen molar-refractivity contribution in [2.24, 2.45) is 5.73 Å². The third-order valence-electron chi connectivity index (χ3n) is 3.36. The monoisotopic (exact) mass is 274 g/mol. The second-order valence-corrected chi connectivity index (χ2v) is 4.73. The van der Waals surface area contributed by atoms with E-state index < -0.39 is 17.7 Å². The molecule has 1 unspecified atom stereocenters. The highest BCUT2D eigenvalue weighted by Crippen LogP contribution is 2.36. The number of amides is 1. The summed E-state index contributed by atoms with van der Waals surface area (Å²) in [7, 11) is 1.56. The number of methoxy groups -OCH3 is 1. The minimum Gasteiger partial charge on any atom is -0.402 e. The van der Waals surface area contributed by atoms with E-state index in [0.717, 1.165) is 5.56 Å². The maximum absolute atomic E-state index is 12.1. The Bertz CT molecular complexity index is 547. The number of ether oxygens (including phenoxy) is 1. The molecule has 5 heteroatoms. The van der Waals surface area contributed by atoms with Crippen LogP contribution in [-0.4, -0.2) is 36.9 Å². The Morgan fingerprint density at radius 3 is 2.50 bits per heavy atom. The molecule has 1 amide bonds. The van der Waals surface area contributed by atoms with E-state index in [0.29, 0.717) is 24.4 Å². The molecule has 2 rings (SSSR count). The number of nitrogens with two attached hydrogens (primary N) is 1. The van der Waals surface area contributed by atoms with Gasteiger partial charge in [-0.3, -0.25) is 9.59 Å². The van der Waals surface area contributed by atoms with Crippen LogP contribution in [0.4, 0.5) is 0 Å². The number of Topliss-reactive ketones (excluding diaryl/α,β-unsaturated/α-hetero) is 1. The quantitative estimate of drug-likeness (QED) is 0.657. The van der Waals surface area contributed by atoms with Crippen molar-refractivity contribution < 1.29 is 14.3 Å². The lowest BCUT2D eigenvalue weighted by atomic mass is 9.97. The Hall–Kier alpha value is -2.14. The van der Waals surface area contributed by atoms with Crippen LogP contribution in [0.5, 0.6) is 0 Å². The van der Waals surface area contributed by atoms with Crippen LogP contribution < -0.4 is 5.73 Å². The molecular weight excluding hydrogens is 256 g/mol. The van der Waals surface area contributed by atoms with Crippen LogP contribution in [-0.2, 0) is 14.3 Å². The van der Waals surface area contributed by atoms with E-state index in [1.165, 1.54) is 4.90 Å². The van der Waals surface area contributed by atoms with Crippen LogP contribution in [0.2, 0.25) is 0 Å². The van der Waals surface area contributed by atoms with Crippen molar-refractivity contribution in [3.63, 3.8) is 0 Å². The van der Waals surface area contributed by atoms with Gasteiger partial charge in [0.15, 0.2) is 0 Å². The lowest BCUT2D eigenvalue weighted by Gasteiger charge is -2.24. The molecule has 1 saturated heterocycles. The number of ketones is 1. The standard InChI is InChI=1S/C15H18N2O3/c1-10(16)12-13(11-6-4-3-5-7-11)17(8-9-20-2)15(19)14(12)18/h3-7,13H,8-9,16H2,1-2H3/b12-10-. The number of benzene rings is 1. The second-order valence-electron chi connectivity index (χ2n) is 4.73. The molecule has 0 saturated carbocycles. The number of carbonyl (C=O) groups is 2. The van der Waals surface area contributed by atoms with E-state index in [1.807, 2.05) is 30.3 Å². The van der Waals surface area contributed by atoms with Crippen molar-refractivity contribution in [3.8, 4) is 0 Å². The summed E-state index contributed by atoms with van der Waals surface area (Å²) >= 11 is 0. The molecule has 1 aromatic rings. The van der Waals surface area contributed by atoms with E-state index in [9.17, 15) is 9.59 Å². The third-order valence-corrected chi connectivity index (χ3v) is 3.36. The Morgan fingerprint density at radius 2 is 1.95 bits per heavy atom. The molecule has 0 aromatic heterocycles. The number of allylic oxidation sites excluding steroid dienone is 1. The Kier molecular flexibility index (Phi) is 4.20. The van der Waals surface area contributed by atoms with E-state index in [-0.39, 0.29) is 0 Å². The SMILES string of the molecule is COCCN1C(=O)C(=O)/C(=C(/C)N)C1c1ccccc1. The summed E-state index contributed by atoms with van der Waals surface area (Å²) in [6.45, 7) is 2.38. The average Bonchev–Trinajstić information content (AvgIpc) is 2.70. The minimum atomic E-state index is -0.519. The fourth-order valence-corrected chi connectivity index (χ4v) is 2.44. The first-order valence-electron chi connectivity index (χ1n) is 6.43. The molecule has 5 nitrogen and oxygen atoms in total. The minimum absolute atomic E-state index is 0.359. The molecule has 1 aromatic carbocycles. The predicted octanol–water partition coefficient (Wildman–Crippen LogP) is 1.02. The maximum atomic E-state index is 12.1. The first-order chi connectivity index (χ1) is 9.57. The van der Waals surface area contributed by atoms with Gasteiger partial charge in [-0.1, -0.05) is 30.3 Å². The first kappa shape index (κ1) is 14.3. The molecule has 1 fully saturated rings. The van der Waals surface area contributed by atoms with Gasteiger partial charge >= 0.3 is 0 Å². The zero-order valence-electron chi connectivity index (χ0n) is 11.6. The highest BCUT2D eigenvalue weighted by Gasteiger charge is 2.44. The summed E-state index contributed by atoms with van der Waals surface area (Å²) < 4.78 is 5.01. The van der Waals surface area contributed by atoms with E-state index in [1.54, 1.807) is 14.0 Å². The molecule has 106 valence electrons. The van der Waals surface area contributed by atoms with Crippen molar-refractivity contribution >= 4 is 11.7 Å². The largest absolute Gasteiger partial charge is 0.402 e. The molecule has 1 aliphatic rings. The molecule has 20 heavy (non-hydrogen) atoms. The van der Waals surface area contributed by atoms with Crippen LogP contribution in [0, 0.1) is 0 Å². The lowest BCUT2D eigenvalue weighted by Crippen LogP contribution is -2.32. The van der Waals surface area contributed by atoms with Crippen LogP contribution in [0.25, 0.3) is 0 Å². The number of hydrogen-bond acceptors (Lipinski definition) is 4. The summed E-state index contributed by atoms with van der Waals surface area (Å²) in [5.41, 5.74) is 7.45. The highest BCUT2D eigenvalue weighted by molar-refractivity contribution is 6.45. The average molecular weight is 274 g/mol. The van der Waals surface area contributed by atoms with Crippen LogP contribution in [0.3, 0.4) is 0 Å². The number of carbonyl (C=O) groups excluding carboxylic acids is 2. The molecule has 1 atom stereocenters. The van der Waals surface area contributed by atoms with Crippen LogP contribution >= 0.6 is 0 Å². The zero-order chi connectivity index (χ0) is 14.7. The van der Waals surface area contributed by atoms with Gasteiger partial charge in [0.25, 0.3) is 11.7 Å². The van der Waals surface area contributed by atoms with Crippen molar-refractivity contribution in [1.82, 2.24) is 4.90 Å². The van der Waals surface area contributed by atoms with Crippen LogP contribution in [0.1, 0.15) is 18.5 Å². The van der Waals surface area contributed by atoms with Crippen molar-refractivity contribution in [3.05, 3.63) is 47.2 Å². The Balaban J connectivity index is 2.47. The molecule has 0 spiro atoms. The molecule has 1 heterocycles. The number of rotatable bonds is 4. The van der Waals surface area contributed by atoms with Crippen LogP contribution in [0.15, 0.2) is 41.6 Å². The molecule has 0 radical (unpaired) electrons. The summed E-state index contributed by atoms with van der Waals surface area (Å²) in [5, 5.41) is 0. The summed E-state index contributed by atoms with van der Waals surface area (Å²) in [5.74, 6) is -1.04. The van der Waals surface area contributed by atoms with E-state index in [4.69, 9.17) is 10.5 Å². The van der Waals surface area contributed by atoms with Crippen molar-refractivity contribution in [2.75, 3.05) is 20.3 Å². The fourth-order valence-electron chi connectivity index (χ4n) is 2.44. The fraction of sp³-hybridized carbons (Fsp3) is 0.333. The number of hydrogen-bond donors (Lipinski definition) is 1. The van der Waals surface area contributed by atoms with Crippen molar-refractivity contribution in [2.45, 2.75) is 13.0 Å². The van der Waals surface area contributed by atoms with Gasteiger partial charge in [-0.05, 0) is 12.5 Å². The van der Waals surface area contributed by atoms with Gasteiger partial charge in [0.1, 0.15) is 0 Å². The lowest BCUT2D eigenvalue weighted by molar-refractivity contribution is -0.140. The third kappa shape index (κ3) is 2.44. The number of nitrogens with zero attached hydrogens (tertiary/aromatic N) is 1. The van der Waals surface area contributed by atoms with Gasteiger partial charge in [0.05, 0.1) is 18.2 Å². The topological polar surface area (TPSA) is 72.6 Å². The molecular formula is C15H18N2O3. The second kappa shape index (κ2) is 5.88. The molecule has 1 aliphatic heterocycles. The van der Waals surface area contributed by atoms with Gasteiger partial charge in [0, 0.05) is 19.4 Å². The summed E-state index contributed by atoms with van der Waals surface area (Å²) in [6, 6.07) is 9.00. The van der Waals surface area contributed by atoms with E-state index in [2.05, 4.69) is 0 Å². The zero-order valence-corrected chi connectivity index (χ0v) is 11.6. The summed E-state index contributed by atoms with van der Waals surface area (Å²) in [4.78, 5) is 25.8. The normalized spacial score (nSPS) is 21.5. The summed E-state index contributed by atoms with van der Waals surface area (Å²) in [6.07, 6.45) is 0. The number of likely N-dealkylation sites (tertiary alicyclic amines) is 1. The van der Waals surface area contributed by atoms with Gasteiger partial charge in [0.2, 0.25) is 0 Å². The van der Waals surface area contributed by atoms with E-state index >= 15 is 0 Å². The maximum Gasteiger partial charge on any atom is 0.295 e. The van der Waals surface area contributed by atoms with Gasteiger partial charge in [-0.2, -0.15) is 0 Å². The van der Waals surface area contributed by atoms with Gasteiger partial charge in [-0.25, -0.2) is 0 Å². The predicted molar refractivity (Wildman–Crippen MR) is 74.7 cm³/mol. The smallest absolute Gasteiger partial charge is 0.295 e. The Labute approximate surface area is 118 Å². The van der Waals surface area contributed by atoms with Gasteiger partial charge < -0.3 is 15.4 Å². The van der Waals surface area contributed by atoms with Crippen molar-refractivity contribution in [1.29, 1.82) is 0 Å². The Morgan fingerprint density at radius 1 is 1.30 bits per heavy atom. The van der Waals surface area contributed by atoms with Gasteiger partial charge in [-0.15, -0.1) is 0 Å². The molecule has 0 aliphatic carbocycles.